The summed E-state index contributed by atoms with van der Waals surface area (Å²) >= 11 is 0. The molecule has 5 nitrogen and oxygen atoms in total. The van der Waals surface area contributed by atoms with Crippen LogP contribution in [0.4, 0.5) is 17.1 Å². The Labute approximate surface area is 359 Å². The van der Waals surface area contributed by atoms with E-state index >= 15 is 0 Å². The van der Waals surface area contributed by atoms with Crippen LogP contribution in [-0.4, -0.2) is 15.0 Å². The van der Waals surface area contributed by atoms with Gasteiger partial charge in [0.15, 0.2) is 17.5 Å². The molecule has 0 aliphatic heterocycles. The van der Waals surface area contributed by atoms with Gasteiger partial charge in [-0.25, -0.2) is 15.0 Å². The van der Waals surface area contributed by atoms with E-state index in [0.717, 1.165) is 77.9 Å². The van der Waals surface area contributed by atoms with E-state index in [4.69, 9.17) is 19.4 Å². The van der Waals surface area contributed by atoms with Crippen molar-refractivity contribution in [3.05, 3.63) is 231 Å². The van der Waals surface area contributed by atoms with Crippen LogP contribution >= 0.6 is 0 Å². The third kappa shape index (κ3) is 6.97. The van der Waals surface area contributed by atoms with Gasteiger partial charge >= 0.3 is 0 Å². The van der Waals surface area contributed by atoms with E-state index < -0.39 is 0 Å². The van der Waals surface area contributed by atoms with Gasteiger partial charge in [0.1, 0.15) is 11.2 Å². The van der Waals surface area contributed by atoms with Crippen LogP contribution in [0.15, 0.2) is 235 Å². The number of nitrogens with zero attached hydrogens (tertiary/aromatic N) is 4. The second-order valence-electron chi connectivity index (χ2n) is 15.2. The van der Waals surface area contributed by atoms with Crippen molar-refractivity contribution < 1.29 is 4.42 Å². The topological polar surface area (TPSA) is 55.1 Å². The fourth-order valence-electron chi connectivity index (χ4n) is 8.25. The Balaban J connectivity index is 1.09. The van der Waals surface area contributed by atoms with Gasteiger partial charge in [0.05, 0.1) is 16.6 Å². The number of hydrogen-bond donors (Lipinski definition) is 0. The molecule has 0 aliphatic carbocycles. The molecule has 5 heteroatoms. The molecule has 0 bridgehead atoms. The number of aromatic nitrogens is 3. The van der Waals surface area contributed by atoms with Crippen molar-refractivity contribution in [3.63, 3.8) is 0 Å². The zero-order chi connectivity index (χ0) is 41.2. The average molecular weight is 795 g/mol. The molecule has 11 rings (SSSR count). The molecule has 2 heterocycles. The summed E-state index contributed by atoms with van der Waals surface area (Å²) in [6.45, 7) is 0. The zero-order valence-electron chi connectivity index (χ0n) is 33.6. The summed E-state index contributed by atoms with van der Waals surface area (Å²) in [6.07, 6.45) is 0. The van der Waals surface area contributed by atoms with Gasteiger partial charge < -0.3 is 9.32 Å². The van der Waals surface area contributed by atoms with Gasteiger partial charge in [-0.1, -0.05) is 188 Å². The van der Waals surface area contributed by atoms with Gasteiger partial charge in [-0.15, -0.1) is 0 Å². The zero-order valence-corrected chi connectivity index (χ0v) is 33.6. The molecule has 0 unspecified atom stereocenters. The predicted molar refractivity (Wildman–Crippen MR) is 254 cm³/mol. The van der Waals surface area contributed by atoms with Crippen molar-refractivity contribution in [2.75, 3.05) is 4.90 Å². The van der Waals surface area contributed by atoms with Gasteiger partial charge in [-0.3, -0.25) is 0 Å². The lowest BCUT2D eigenvalue weighted by molar-refractivity contribution is 0.669. The highest BCUT2D eigenvalue weighted by Crippen LogP contribution is 2.46. The molecule has 0 saturated carbocycles. The first-order valence-corrected chi connectivity index (χ1v) is 20.8. The van der Waals surface area contributed by atoms with Gasteiger partial charge in [-0.05, 0) is 75.8 Å². The summed E-state index contributed by atoms with van der Waals surface area (Å²) in [4.78, 5) is 17.9. The fraction of sp³-hybridized carbons (Fsp3) is 0. The smallest absolute Gasteiger partial charge is 0.167 e. The molecule has 0 fully saturated rings. The van der Waals surface area contributed by atoms with Crippen molar-refractivity contribution in [2.24, 2.45) is 0 Å². The summed E-state index contributed by atoms with van der Waals surface area (Å²) in [5, 5.41) is 1.97. The van der Waals surface area contributed by atoms with Crippen LogP contribution in [-0.2, 0) is 0 Å². The first-order chi connectivity index (χ1) is 30.7. The van der Waals surface area contributed by atoms with E-state index in [0.29, 0.717) is 23.1 Å². The number of rotatable bonds is 9. The van der Waals surface area contributed by atoms with Crippen LogP contribution in [0.25, 0.3) is 89.5 Å². The largest absolute Gasteiger partial charge is 0.455 e. The number of para-hydroxylation sites is 2. The number of anilines is 3. The van der Waals surface area contributed by atoms with Crippen LogP contribution in [0.3, 0.4) is 0 Å². The Morgan fingerprint density at radius 2 is 0.694 bits per heavy atom. The highest BCUT2D eigenvalue weighted by Gasteiger charge is 2.24. The Bertz CT molecular complexity index is 3200. The summed E-state index contributed by atoms with van der Waals surface area (Å²) in [6, 6.07) is 79.8. The minimum atomic E-state index is 0.526. The molecule has 292 valence electrons. The van der Waals surface area contributed by atoms with Crippen LogP contribution in [0.1, 0.15) is 0 Å². The molecule has 11 aromatic rings. The quantitative estimate of drug-likeness (QED) is 0.146. The van der Waals surface area contributed by atoms with E-state index in [2.05, 4.69) is 199 Å². The third-order valence-corrected chi connectivity index (χ3v) is 11.4. The lowest BCUT2D eigenvalue weighted by atomic mass is 10.0. The average Bonchev–Trinajstić information content (AvgIpc) is 3.76. The first kappa shape index (κ1) is 36.7. The van der Waals surface area contributed by atoms with E-state index in [-0.39, 0.29) is 0 Å². The monoisotopic (exact) mass is 794 g/mol. The van der Waals surface area contributed by atoms with Gasteiger partial charge in [0, 0.05) is 27.9 Å². The van der Waals surface area contributed by atoms with Gasteiger partial charge in [0.25, 0.3) is 0 Å². The molecule has 0 atom stereocenters. The van der Waals surface area contributed by atoms with Crippen LogP contribution in [0.2, 0.25) is 0 Å². The van der Waals surface area contributed by atoms with E-state index in [1.54, 1.807) is 0 Å². The minimum Gasteiger partial charge on any atom is -0.455 e. The second kappa shape index (κ2) is 16.0. The minimum absolute atomic E-state index is 0.526. The Morgan fingerprint density at radius 3 is 1.21 bits per heavy atom. The lowest BCUT2D eigenvalue weighted by Gasteiger charge is -2.26. The standard InChI is InChI=1S/C57H38N4O/c1-5-15-39(16-6-1)42-25-29-45(30-26-42)55-58-56(46-31-27-43(28-32-46)40-17-7-2-8-18-40)60-57(59-55)50-37-38-51(53-49-23-13-14-24-52(49)62-54(50)53)61(47-21-11-4-12-22-47)48-35-33-44(34-36-48)41-19-9-3-10-20-41/h1-38H. The molecule has 62 heavy (non-hydrogen) atoms. The van der Waals surface area contributed by atoms with E-state index in [1.807, 2.05) is 36.4 Å². The summed E-state index contributed by atoms with van der Waals surface area (Å²) in [5.74, 6) is 1.68. The molecule has 0 aliphatic rings. The molecule has 0 spiro atoms. The SMILES string of the molecule is c1ccc(-c2ccc(-c3nc(-c4ccc(-c5ccccc5)cc4)nc(-c4ccc(N(c5ccccc5)c5ccc(-c6ccccc6)cc5)c5c4oc4ccccc45)n3)cc2)cc1. The molecular formula is C57H38N4O. The highest BCUT2D eigenvalue weighted by molar-refractivity contribution is 6.16. The second-order valence-corrected chi connectivity index (χ2v) is 15.2. The molecule has 0 saturated heterocycles. The molecular weight excluding hydrogens is 757 g/mol. The van der Waals surface area contributed by atoms with Gasteiger partial charge in [-0.2, -0.15) is 0 Å². The third-order valence-electron chi connectivity index (χ3n) is 11.4. The van der Waals surface area contributed by atoms with E-state index in [1.165, 1.54) is 5.56 Å². The number of hydrogen-bond acceptors (Lipinski definition) is 5. The van der Waals surface area contributed by atoms with E-state index in [9.17, 15) is 0 Å². The molecule has 0 N–H and O–H groups in total. The molecule has 0 radical (unpaired) electrons. The fourth-order valence-corrected chi connectivity index (χ4v) is 8.25. The predicted octanol–water partition coefficient (Wildman–Crippen LogP) is 15.2. The lowest BCUT2D eigenvalue weighted by Crippen LogP contribution is -2.10. The molecule has 2 aromatic heterocycles. The highest BCUT2D eigenvalue weighted by atomic mass is 16.3. The molecule has 9 aromatic carbocycles. The van der Waals surface area contributed by atoms with Crippen molar-refractivity contribution in [2.45, 2.75) is 0 Å². The van der Waals surface area contributed by atoms with Crippen LogP contribution < -0.4 is 4.90 Å². The van der Waals surface area contributed by atoms with Crippen LogP contribution in [0, 0.1) is 0 Å². The first-order valence-electron chi connectivity index (χ1n) is 20.8. The Kier molecular flexibility index (Phi) is 9.45. The number of furan rings is 1. The van der Waals surface area contributed by atoms with Crippen molar-refractivity contribution in [1.82, 2.24) is 15.0 Å². The van der Waals surface area contributed by atoms with Crippen LogP contribution in [0.5, 0.6) is 0 Å². The maximum atomic E-state index is 6.87. The van der Waals surface area contributed by atoms with Crippen molar-refractivity contribution in [3.8, 4) is 67.5 Å². The molecule has 0 amide bonds. The summed E-state index contributed by atoms with van der Waals surface area (Å²) in [7, 11) is 0. The summed E-state index contributed by atoms with van der Waals surface area (Å²) < 4.78 is 6.87. The Morgan fingerprint density at radius 1 is 0.306 bits per heavy atom. The number of fused-ring (bicyclic) bond motifs is 3. The Hall–Kier alpha value is -8.41. The van der Waals surface area contributed by atoms with Gasteiger partial charge in [0.2, 0.25) is 0 Å². The van der Waals surface area contributed by atoms with Crippen molar-refractivity contribution in [1.29, 1.82) is 0 Å². The number of benzene rings is 9. The normalized spacial score (nSPS) is 11.2. The maximum Gasteiger partial charge on any atom is 0.167 e. The van der Waals surface area contributed by atoms with Crippen molar-refractivity contribution >= 4 is 39.0 Å². The maximum absolute atomic E-state index is 6.87. The summed E-state index contributed by atoms with van der Waals surface area (Å²) in [5.41, 5.74) is 14.0.